The minimum Gasteiger partial charge on any atom is -0.491 e. The lowest BCUT2D eigenvalue weighted by Gasteiger charge is -2.12. The number of hydrogen-bond acceptors (Lipinski definition) is 3. The fourth-order valence-corrected chi connectivity index (χ4v) is 1.17. The Kier molecular flexibility index (Phi) is 3.92. The summed E-state index contributed by atoms with van der Waals surface area (Å²) in [6.45, 7) is 3.92. The number of hydrogen-bond donors (Lipinski definition) is 2. The van der Waals surface area contributed by atoms with Gasteiger partial charge in [-0.05, 0) is 31.5 Å². The molecule has 3 heteroatoms. The molecule has 0 saturated heterocycles. The van der Waals surface area contributed by atoms with Crippen molar-refractivity contribution in [3.05, 3.63) is 29.8 Å². The summed E-state index contributed by atoms with van der Waals surface area (Å²) in [4.78, 5) is 0. The third-order valence-electron chi connectivity index (χ3n) is 1.88. The van der Waals surface area contributed by atoms with Gasteiger partial charge in [0.1, 0.15) is 5.75 Å². The molecule has 0 bridgehead atoms. The molecule has 0 aromatic heterocycles. The van der Waals surface area contributed by atoms with Gasteiger partial charge in [0.15, 0.2) is 0 Å². The number of aliphatic hydroxyl groups is 1. The van der Waals surface area contributed by atoms with Crippen molar-refractivity contribution in [2.75, 3.05) is 6.61 Å². The zero-order valence-corrected chi connectivity index (χ0v) is 8.60. The first-order valence-corrected chi connectivity index (χ1v) is 4.76. The van der Waals surface area contributed by atoms with Crippen LogP contribution in [0.4, 0.5) is 0 Å². The first kappa shape index (κ1) is 11.0. The van der Waals surface area contributed by atoms with E-state index in [0.29, 0.717) is 0 Å². The second-order valence-corrected chi connectivity index (χ2v) is 3.52. The molecule has 0 heterocycles. The molecule has 0 amide bonds. The Morgan fingerprint density at radius 3 is 2.29 bits per heavy atom. The highest BCUT2D eigenvalue weighted by Gasteiger charge is 2.04. The molecule has 0 radical (unpaired) electrons. The zero-order chi connectivity index (χ0) is 10.6. The highest BCUT2D eigenvalue weighted by Crippen LogP contribution is 2.17. The quantitative estimate of drug-likeness (QED) is 0.764. The largest absolute Gasteiger partial charge is 0.491 e. The topological polar surface area (TPSA) is 55.5 Å². The van der Waals surface area contributed by atoms with Gasteiger partial charge in [-0.25, -0.2) is 0 Å². The standard InChI is InChI=1S/C11H17NO2/c1-8(2)14-10-5-3-9(4-6-10)11(12)7-13/h3-6,8,11,13H,7,12H2,1-2H3. The van der Waals surface area contributed by atoms with Gasteiger partial charge >= 0.3 is 0 Å². The average molecular weight is 195 g/mol. The summed E-state index contributed by atoms with van der Waals surface area (Å²) in [5.74, 6) is 0.828. The van der Waals surface area contributed by atoms with Gasteiger partial charge in [-0.3, -0.25) is 0 Å². The Balaban J connectivity index is 2.68. The van der Waals surface area contributed by atoms with E-state index in [0.717, 1.165) is 11.3 Å². The van der Waals surface area contributed by atoms with Crippen molar-refractivity contribution < 1.29 is 9.84 Å². The number of aliphatic hydroxyl groups excluding tert-OH is 1. The average Bonchev–Trinajstić information content (AvgIpc) is 2.17. The Morgan fingerprint density at radius 2 is 1.86 bits per heavy atom. The second-order valence-electron chi connectivity index (χ2n) is 3.52. The van der Waals surface area contributed by atoms with E-state index in [1.54, 1.807) is 0 Å². The van der Waals surface area contributed by atoms with Crippen molar-refractivity contribution in [2.24, 2.45) is 5.73 Å². The van der Waals surface area contributed by atoms with E-state index in [-0.39, 0.29) is 18.8 Å². The molecule has 1 unspecified atom stereocenters. The highest BCUT2D eigenvalue weighted by atomic mass is 16.5. The molecule has 3 N–H and O–H groups in total. The third kappa shape index (κ3) is 3.01. The molecule has 0 aliphatic carbocycles. The van der Waals surface area contributed by atoms with Crippen molar-refractivity contribution >= 4 is 0 Å². The van der Waals surface area contributed by atoms with Crippen LogP contribution >= 0.6 is 0 Å². The van der Waals surface area contributed by atoms with E-state index in [4.69, 9.17) is 15.6 Å². The van der Waals surface area contributed by atoms with Crippen molar-refractivity contribution in [3.8, 4) is 5.75 Å². The second kappa shape index (κ2) is 4.98. The lowest BCUT2D eigenvalue weighted by atomic mass is 10.1. The van der Waals surface area contributed by atoms with Crippen LogP contribution in [0.1, 0.15) is 25.5 Å². The normalized spacial score (nSPS) is 12.9. The van der Waals surface area contributed by atoms with Crippen molar-refractivity contribution in [1.82, 2.24) is 0 Å². The molecule has 14 heavy (non-hydrogen) atoms. The van der Waals surface area contributed by atoms with Crippen LogP contribution in [-0.4, -0.2) is 17.8 Å². The smallest absolute Gasteiger partial charge is 0.119 e. The first-order chi connectivity index (χ1) is 6.63. The van der Waals surface area contributed by atoms with Crippen LogP contribution in [0.25, 0.3) is 0 Å². The lowest BCUT2D eigenvalue weighted by molar-refractivity contribution is 0.242. The minimum atomic E-state index is -0.303. The van der Waals surface area contributed by atoms with Crippen molar-refractivity contribution in [2.45, 2.75) is 26.0 Å². The van der Waals surface area contributed by atoms with Gasteiger partial charge in [-0.15, -0.1) is 0 Å². The Labute approximate surface area is 84.5 Å². The van der Waals surface area contributed by atoms with Gasteiger partial charge in [-0.1, -0.05) is 12.1 Å². The van der Waals surface area contributed by atoms with Crippen LogP contribution in [0.2, 0.25) is 0 Å². The third-order valence-corrected chi connectivity index (χ3v) is 1.88. The number of ether oxygens (including phenoxy) is 1. The van der Waals surface area contributed by atoms with Crippen LogP contribution in [0.5, 0.6) is 5.75 Å². The summed E-state index contributed by atoms with van der Waals surface area (Å²) in [7, 11) is 0. The zero-order valence-electron chi connectivity index (χ0n) is 8.60. The molecule has 78 valence electrons. The summed E-state index contributed by atoms with van der Waals surface area (Å²) in [6.07, 6.45) is 0.173. The molecule has 1 rings (SSSR count). The maximum atomic E-state index is 8.85. The predicted molar refractivity (Wildman–Crippen MR) is 56.2 cm³/mol. The summed E-state index contributed by atoms with van der Waals surface area (Å²) < 4.78 is 5.48. The Bertz CT molecular complexity index is 269. The Hall–Kier alpha value is -1.06. The minimum absolute atomic E-state index is 0.0373. The number of nitrogens with two attached hydrogens (primary N) is 1. The molecule has 0 fully saturated rings. The predicted octanol–water partition coefficient (Wildman–Crippen LogP) is 1.47. The molecular weight excluding hydrogens is 178 g/mol. The number of rotatable bonds is 4. The summed E-state index contributed by atoms with van der Waals surface area (Å²) in [5, 5.41) is 8.85. The molecule has 1 atom stereocenters. The van der Waals surface area contributed by atoms with E-state index in [1.165, 1.54) is 0 Å². The molecule has 1 aromatic rings. The summed E-state index contributed by atoms with van der Waals surface area (Å²) in [6, 6.07) is 7.18. The molecular formula is C11H17NO2. The fraction of sp³-hybridized carbons (Fsp3) is 0.455. The van der Waals surface area contributed by atoms with E-state index >= 15 is 0 Å². The maximum absolute atomic E-state index is 8.85. The summed E-state index contributed by atoms with van der Waals surface area (Å²) >= 11 is 0. The monoisotopic (exact) mass is 195 g/mol. The fourth-order valence-electron chi connectivity index (χ4n) is 1.17. The van der Waals surface area contributed by atoms with E-state index < -0.39 is 0 Å². The van der Waals surface area contributed by atoms with Gasteiger partial charge in [0.2, 0.25) is 0 Å². The molecule has 1 aromatic carbocycles. The van der Waals surface area contributed by atoms with Crippen molar-refractivity contribution in [1.29, 1.82) is 0 Å². The molecule has 0 spiro atoms. The van der Waals surface area contributed by atoms with E-state index in [2.05, 4.69) is 0 Å². The summed E-state index contributed by atoms with van der Waals surface area (Å²) in [5.41, 5.74) is 6.57. The highest BCUT2D eigenvalue weighted by molar-refractivity contribution is 5.29. The Morgan fingerprint density at radius 1 is 1.29 bits per heavy atom. The van der Waals surface area contributed by atoms with Crippen LogP contribution in [0.3, 0.4) is 0 Å². The molecule has 0 saturated carbocycles. The van der Waals surface area contributed by atoms with Gasteiger partial charge in [0, 0.05) is 0 Å². The van der Waals surface area contributed by atoms with Gasteiger partial charge in [0.25, 0.3) is 0 Å². The van der Waals surface area contributed by atoms with Gasteiger partial charge in [0.05, 0.1) is 18.8 Å². The maximum Gasteiger partial charge on any atom is 0.119 e. The molecule has 3 nitrogen and oxygen atoms in total. The molecule has 0 aliphatic rings. The first-order valence-electron chi connectivity index (χ1n) is 4.76. The SMILES string of the molecule is CC(C)Oc1ccc(C(N)CO)cc1. The van der Waals surface area contributed by atoms with Crippen LogP contribution < -0.4 is 10.5 Å². The van der Waals surface area contributed by atoms with E-state index in [9.17, 15) is 0 Å². The van der Waals surface area contributed by atoms with Crippen LogP contribution in [0, 0.1) is 0 Å². The van der Waals surface area contributed by atoms with Crippen LogP contribution in [-0.2, 0) is 0 Å². The lowest BCUT2D eigenvalue weighted by Crippen LogP contribution is -2.14. The van der Waals surface area contributed by atoms with Crippen LogP contribution in [0.15, 0.2) is 24.3 Å². The van der Waals surface area contributed by atoms with Crippen molar-refractivity contribution in [3.63, 3.8) is 0 Å². The van der Waals surface area contributed by atoms with Gasteiger partial charge in [-0.2, -0.15) is 0 Å². The number of benzene rings is 1. The van der Waals surface area contributed by atoms with Gasteiger partial charge < -0.3 is 15.6 Å². The van der Waals surface area contributed by atoms with E-state index in [1.807, 2.05) is 38.1 Å². The molecule has 0 aliphatic heterocycles.